The molecule has 1 N–H and O–H groups in total. The molecule has 2 aromatic rings. The summed E-state index contributed by atoms with van der Waals surface area (Å²) in [6.07, 6.45) is 4.77. The number of benzene rings is 2. The number of hydrogen-bond donors (Lipinski definition) is 1. The van der Waals surface area contributed by atoms with Crippen molar-refractivity contribution in [1.82, 2.24) is 4.90 Å². The summed E-state index contributed by atoms with van der Waals surface area (Å²) < 4.78 is 27.6. The molecule has 25 heavy (non-hydrogen) atoms. The fourth-order valence-corrected chi connectivity index (χ4v) is 4.23. The summed E-state index contributed by atoms with van der Waals surface area (Å²) in [7, 11) is -3.54. The first-order valence-corrected chi connectivity index (χ1v) is 10.5. The molecule has 134 valence electrons. The molecule has 1 aliphatic rings. The Bertz CT molecular complexity index is 777. The van der Waals surface area contributed by atoms with Gasteiger partial charge in [0.25, 0.3) is 10.0 Å². The predicted octanol–water partition coefficient (Wildman–Crippen LogP) is 4.04. The molecule has 0 radical (unpaired) electrons. The third-order valence-electron chi connectivity index (χ3n) is 4.70. The lowest BCUT2D eigenvalue weighted by Gasteiger charge is -2.26. The molecule has 0 spiro atoms. The number of rotatable bonds is 6. The minimum absolute atomic E-state index is 0.294. The fraction of sp³-hybridized carbons (Fsp3) is 0.400. The van der Waals surface area contributed by atoms with E-state index in [0.29, 0.717) is 10.6 Å². The number of hydrogen-bond acceptors (Lipinski definition) is 3. The molecule has 2 aromatic carbocycles. The first-order valence-electron chi connectivity index (χ1n) is 9.00. The summed E-state index contributed by atoms with van der Waals surface area (Å²) in [6.45, 7) is 5.29. The van der Waals surface area contributed by atoms with Crippen LogP contribution in [0.4, 0.5) is 5.69 Å². The smallest absolute Gasteiger partial charge is 0.261 e. The lowest BCUT2D eigenvalue weighted by atomic mass is 10.1. The SMILES string of the molecule is CCc1ccc(S(=O)(=O)Nc2ccc(CN3CCCCC3)cc2)cc1. The van der Waals surface area contributed by atoms with Gasteiger partial charge in [-0.15, -0.1) is 0 Å². The summed E-state index contributed by atoms with van der Waals surface area (Å²) >= 11 is 0. The molecule has 1 fully saturated rings. The van der Waals surface area contributed by atoms with Gasteiger partial charge in [-0.05, 0) is 67.7 Å². The van der Waals surface area contributed by atoms with E-state index in [4.69, 9.17) is 0 Å². The fourth-order valence-electron chi connectivity index (χ4n) is 3.17. The second kappa shape index (κ2) is 8.02. The molecule has 0 aliphatic carbocycles. The van der Waals surface area contributed by atoms with Crippen LogP contribution in [0.2, 0.25) is 0 Å². The van der Waals surface area contributed by atoms with Gasteiger partial charge in [-0.25, -0.2) is 8.42 Å². The van der Waals surface area contributed by atoms with E-state index < -0.39 is 10.0 Å². The van der Waals surface area contributed by atoms with Gasteiger partial charge < -0.3 is 0 Å². The van der Waals surface area contributed by atoms with Gasteiger partial charge in [0.1, 0.15) is 0 Å². The average Bonchev–Trinajstić information content (AvgIpc) is 2.64. The third-order valence-corrected chi connectivity index (χ3v) is 6.10. The van der Waals surface area contributed by atoms with Gasteiger partial charge in [-0.1, -0.05) is 37.6 Å². The van der Waals surface area contributed by atoms with Crippen LogP contribution in [0.5, 0.6) is 0 Å². The van der Waals surface area contributed by atoms with Crippen LogP contribution in [0.3, 0.4) is 0 Å². The van der Waals surface area contributed by atoms with Crippen LogP contribution in [0.25, 0.3) is 0 Å². The summed E-state index contributed by atoms with van der Waals surface area (Å²) in [5, 5.41) is 0. The molecule has 1 saturated heterocycles. The Labute approximate surface area is 150 Å². The molecular formula is C20H26N2O2S. The Hall–Kier alpha value is -1.85. The van der Waals surface area contributed by atoms with Crippen LogP contribution in [0, 0.1) is 0 Å². The van der Waals surface area contributed by atoms with E-state index in [0.717, 1.165) is 31.6 Å². The highest BCUT2D eigenvalue weighted by atomic mass is 32.2. The average molecular weight is 359 g/mol. The van der Waals surface area contributed by atoms with Gasteiger partial charge >= 0.3 is 0 Å². The normalized spacial score (nSPS) is 15.9. The van der Waals surface area contributed by atoms with E-state index in [2.05, 4.69) is 9.62 Å². The van der Waals surface area contributed by atoms with E-state index >= 15 is 0 Å². The molecule has 1 aliphatic heterocycles. The van der Waals surface area contributed by atoms with Crippen molar-refractivity contribution < 1.29 is 8.42 Å². The maximum atomic E-state index is 12.5. The van der Waals surface area contributed by atoms with Gasteiger partial charge in [0, 0.05) is 12.2 Å². The van der Waals surface area contributed by atoms with Crippen molar-refractivity contribution in [3.8, 4) is 0 Å². The zero-order valence-corrected chi connectivity index (χ0v) is 15.6. The Morgan fingerprint density at radius 2 is 1.48 bits per heavy atom. The monoisotopic (exact) mass is 358 g/mol. The highest BCUT2D eigenvalue weighted by Gasteiger charge is 2.14. The molecule has 0 atom stereocenters. The number of likely N-dealkylation sites (tertiary alicyclic amines) is 1. The van der Waals surface area contributed by atoms with E-state index in [-0.39, 0.29) is 0 Å². The molecule has 0 bridgehead atoms. The van der Waals surface area contributed by atoms with E-state index in [1.54, 1.807) is 12.1 Å². The topological polar surface area (TPSA) is 49.4 Å². The van der Waals surface area contributed by atoms with Crippen LogP contribution in [0.1, 0.15) is 37.3 Å². The van der Waals surface area contributed by atoms with E-state index in [1.165, 1.54) is 24.8 Å². The third kappa shape index (κ3) is 4.83. The van der Waals surface area contributed by atoms with Crippen molar-refractivity contribution in [3.63, 3.8) is 0 Å². The molecule has 0 aromatic heterocycles. The van der Waals surface area contributed by atoms with Crippen molar-refractivity contribution in [2.75, 3.05) is 17.8 Å². The second-order valence-electron chi connectivity index (χ2n) is 6.64. The van der Waals surface area contributed by atoms with Gasteiger partial charge in [-0.2, -0.15) is 0 Å². The summed E-state index contributed by atoms with van der Waals surface area (Å²) in [5.41, 5.74) is 2.94. The maximum Gasteiger partial charge on any atom is 0.261 e. The van der Waals surface area contributed by atoms with Crippen LogP contribution in [-0.4, -0.2) is 26.4 Å². The number of nitrogens with one attached hydrogen (secondary N) is 1. The van der Waals surface area contributed by atoms with Gasteiger partial charge in [0.2, 0.25) is 0 Å². The number of nitrogens with zero attached hydrogens (tertiary/aromatic N) is 1. The van der Waals surface area contributed by atoms with Gasteiger partial charge in [0.15, 0.2) is 0 Å². The Morgan fingerprint density at radius 3 is 2.08 bits per heavy atom. The van der Waals surface area contributed by atoms with Crippen molar-refractivity contribution in [2.24, 2.45) is 0 Å². The minimum Gasteiger partial charge on any atom is -0.299 e. The van der Waals surface area contributed by atoms with E-state index in [9.17, 15) is 8.42 Å². The molecular weight excluding hydrogens is 332 g/mol. The van der Waals surface area contributed by atoms with Crippen molar-refractivity contribution in [1.29, 1.82) is 0 Å². The Morgan fingerprint density at radius 1 is 0.880 bits per heavy atom. The lowest BCUT2D eigenvalue weighted by molar-refractivity contribution is 0.221. The zero-order valence-electron chi connectivity index (χ0n) is 14.7. The first kappa shape index (κ1) is 18.0. The van der Waals surface area contributed by atoms with Crippen LogP contribution >= 0.6 is 0 Å². The predicted molar refractivity (Wildman–Crippen MR) is 102 cm³/mol. The summed E-state index contributed by atoms with van der Waals surface area (Å²) in [6, 6.07) is 14.7. The molecule has 3 rings (SSSR count). The number of sulfonamides is 1. The molecule has 1 heterocycles. The number of anilines is 1. The van der Waals surface area contributed by atoms with Crippen LogP contribution < -0.4 is 4.72 Å². The Balaban J connectivity index is 1.65. The lowest BCUT2D eigenvalue weighted by Crippen LogP contribution is -2.29. The first-order chi connectivity index (χ1) is 12.1. The van der Waals surface area contributed by atoms with Crippen molar-refractivity contribution >= 4 is 15.7 Å². The molecule has 0 unspecified atom stereocenters. The summed E-state index contributed by atoms with van der Waals surface area (Å²) in [4.78, 5) is 2.75. The number of piperidine rings is 1. The van der Waals surface area contributed by atoms with Crippen LogP contribution in [-0.2, 0) is 23.0 Å². The standard InChI is InChI=1S/C20H26N2O2S/c1-2-17-8-12-20(13-9-17)25(23,24)21-19-10-6-18(7-11-19)16-22-14-4-3-5-15-22/h6-13,21H,2-5,14-16H2,1H3. The molecule has 4 nitrogen and oxygen atoms in total. The van der Waals surface area contributed by atoms with Gasteiger partial charge in [0.05, 0.1) is 4.90 Å². The van der Waals surface area contributed by atoms with Crippen LogP contribution in [0.15, 0.2) is 53.4 Å². The Kier molecular flexibility index (Phi) is 5.76. The molecule has 0 amide bonds. The number of aryl methyl sites for hydroxylation is 1. The quantitative estimate of drug-likeness (QED) is 0.848. The highest BCUT2D eigenvalue weighted by molar-refractivity contribution is 7.92. The molecule has 5 heteroatoms. The zero-order chi connectivity index (χ0) is 17.7. The van der Waals surface area contributed by atoms with Crippen molar-refractivity contribution in [3.05, 3.63) is 59.7 Å². The van der Waals surface area contributed by atoms with Crippen molar-refractivity contribution in [2.45, 2.75) is 44.0 Å². The van der Waals surface area contributed by atoms with Gasteiger partial charge in [-0.3, -0.25) is 9.62 Å². The van der Waals surface area contributed by atoms with E-state index in [1.807, 2.05) is 43.3 Å². The minimum atomic E-state index is -3.54. The molecule has 0 saturated carbocycles. The second-order valence-corrected chi connectivity index (χ2v) is 8.32. The largest absolute Gasteiger partial charge is 0.299 e. The summed E-state index contributed by atoms with van der Waals surface area (Å²) in [5.74, 6) is 0. The maximum absolute atomic E-state index is 12.5. The highest BCUT2D eigenvalue weighted by Crippen LogP contribution is 2.19.